The van der Waals surface area contributed by atoms with Crippen LogP contribution in [0.25, 0.3) is 11.0 Å². The number of ether oxygens (including phenoxy) is 1. The van der Waals surface area contributed by atoms with Gasteiger partial charge >= 0.3 is 0 Å². The quantitative estimate of drug-likeness (QED) is 0.800. The minimum absolute atomic E-state index is 0.0873. The average molecular weight is 317 g/mol. The molecular weight excluding hydrogens is 302 g/mol. The Morgan fingerprint density at radius 2 is 2.30 bits per heavy atom. The molecule has 1 aromatic carbocycles. The van der Waals surface area contributed by atoms with Gasteiger partial charge in [0, 0.05) is 25.1 Å². The van der Waals surface area contributed by atoms with Gasteiger partial charge in [-0.05, 0) is 18.9 Å². The highest BCUT2D eigenvalue weighted by molar-refractivity contribution is 6.31. The van der Waals surface area contributed by atoms with Crippen LogP contribution in [-0.4, -0.2) is 22.8 Å². The Bertz CT molecular complexity index is 623. The van der Waals surface area contributed by atoms with Crippen LogP contribution in [0, 0.1) is 11.7 Å². The lowest BCUT2D eigenvalue weighted by Crippen LogP contribution is -2.22. The van der Waals surface area contributed by atoms with E-state index >= 15 is 0 Å². The Morgan fingerprint density at radius 3 is 3.00 bits per heavy atom. The van der Waals surface area contributed by atoms with E-state index in [0.717, 1.165) is 43.9 Å². The van der Waals surface area contributed by atoms with Gasteiger partial charge in [-0.2, -0.15) is 0 Å². The molecule has 108 valence electrons. The summed E-state index contributed by atoms with van der Waals surface area (Å²) in [4.78, 5) is 4.44. The van der Waals surface area contributed by atoms with E-state index in [4.69, 9.17) is 27.9 Å². The van der Waals surface area contributed by atoms with E-state index in [1.54, 1.807) is 6.07 Å². The van der Waals surface area contributed by atoms with Crippen LogP contribution < -0.4 is 0 Å². The zero-order valence-electron chi connectivity index (χ0n) is 10.9. The highest BCUT2D eigenvalue weighted by Crippen LogP contribution is 2.26. The summed E-state index contributed by atoms with van der Waals surface area (Å²) in [5.41, 5.74) is 1.43. The van der Waals surface area contributed by atoms with Crippen LogP contribution in [0.4, 0.5) is 4.39 Å². The van der Waals surface area contributed by atoms with Crippen LogP contribution in [0.3, 0.4) is 0 Å². The topological polar surface area (TPSA) is 27.1 Å². The van der Waals surface area contributed by atoms with E-state index in [1.807, 2.05) is 4.57 Å². The second-order valence-electron chi connectivity index (χ2n) is 5.11. The minimum atomic E-state index is -0.429. The summed E-state index contributed by atoms with van der Waals surface area (Å²) in [6, 6.07) is 2.99. The van der Waals surface area contributed by atoms with Gasteiger partial charge < -0.3 is 9.30 Å². The molecule has 6 heteroatoms. The molecule has 0 amide bonds. The highest BCUT2D eigenvalue weighted by Gasteiger charge is 2.19. The first-order valence-electron chi connectivity index (χ1n) is 6.67. The van der Waals surface area contributed by atoms with Gasteiger partial charge in [-0.3, -0.25) is 0 Å². The number of benzene rings is 1. The summed E-state index contributed by atoms with van der Waals surface area (Å²) in [6.45, 7) is 2.31. The van der Waals surface area contributed by atoms with E-state index < -0.39 is 5.82 Å². The third-order valence-corrected chi connectivity index (χ3v) is 4.21. The van der Waals surface area contributed by atoms with E-state index in [0.29, 0.717) is 17.3 Å². The number of hydrogen-bond acceptors (Lipinski definition) is 2. The van der Waals surface area contributed by atoms with Crippen LogP contribution in [0.2, 0.25) is 5.02 Å². The fourth-order valence-electron chi connectivity index (χ4n) is 2.69. The fourth-order valence-corrected chi connectivity index (χ4v) is 3.05. The molecule has 3 rings (SSSR count). The van der Waals surface area contributed by atoms with Crippen molar-refractivity contribution in [3.63, 3.8) is 0 Å². The third kappa shape index (κ3) is 2.65. The van der Waals surface area contributed by atoms with Crippen molar-refractivity contribution in [3.8, 4) is 0 Å². The Labute approximate surface area is 126 Å². The first-order valence-corrected chi connectivity index (χ1v) is 7.58. The Morgan fingerprint density at radius 1 is 1.45 bits per heavy atom. The SMILES string of the molecule is Fc1cc2c(cc1Cl)nc(CCl)n2CC1CCCOC1. The lowest BCUT2D eigenvalue weighted by molar-refractivity contribution is 0.0485. The molecule has 1 atom stereocenters. The fraction of sp³-hybridized carbons (Fsp3) is 0.500. The first-order chi connectivity index (χ1) is 9.69. The van der Waals surface area contributed by atoms with Crippen LogP contribution in [0.15, 0.2) is 12.1 Å². The predicted molar refractivity (Wildman–Crippen MR) is 77.8 cm³/mol. The lowest BCUT2D eigenvalue weighted by atomic mass is 10.0. The van der Waals surface area contributed by atoms with Crippen LogP contribution in [0.5, 0.6) is 0 Å². The van der Waals surface area contributed by atoms with E-state index in [9.17, 15) is 4.39 Å². The van der Waals surface area contributed by atoms with Gasteiger partial charge in [0.05, 0.1) is 28.5 Å². The molecule has 0 bridgehead atoms. The molecule has 20 heavy (non-hydrogen) atoms. The summed E-state index contributed by atoms with van der Waals surface area (Å²) < 4.78 is 21.2. The average Bonchev–Trinajstić information content (AvgIpc) is 2.78. The standard InChI is InChI=1S/C14H15Cl2FN2O/c15-6-14-18-12-4-10(16)11(17)5-13(12)19(14)7-9-2-1-3-20-8-9/h4-5,9H,1-3,6-8H2. The van der Waals surface area contributed by atoms with Gasteiger partial charge in [0.25, 0.3) is 0 Å². The summed E-state index contributed by atoms with van der Waals surface area (Å²) in [6.07, 6.45) is 2.17. The van der Waals surface area contributed by atoms with Gasteiger partial charge in [0.1, 0.15) is 11.6 Å². The number of hydrogen-bond donors (Lipinski definition) is 0. The smallest absolute Gasteiger partial charge is 0.144 e. The molecule has 1 aliphatic heterocycles. The molecule has 0 N–H and O–H groups in total. The molecule has 0 saturated carbocycles. The molecule has 1 unspecified atom stereocenters. The highest BCUT2D eigenvalue weighted by atomic mass is 35.5. The molecule has 0 spiro atoms. The van der Waals surface area contributed by atoms with Crippen LogP contribution in [0.1, 0.15) is 18.7 Å². The normalized spacial score (nSPS) is 19.6. The monoisotopic (exact) mass is 316 g/mol. The maximum Gasteiger partial charge on any atom is 0.144 e. The molecule has 2 heterocycles. The van der Waals surface area contributed by atoms with Crippen molar-refractivity contribution < 1.29 is 9.13 Å². The number of aromatic nitrogens is 2. The Hall–Kier alpha value is -0.840. The first kappa shape index (κ1) is 14.1. The molecule has 1 saturated heterocycles. The van der Waals surface area contributed by atoms with E-state index in [1.165, 1.54) is 6.07 Å². The number of imidazole rings is 1. The second-order valence-corrected chi connectivity index (χ2v) is 5.78. The van der Waals surface area contributed by atoms with Crippen molar-refractivity contribution in [2.45, 2.75) is 25.3 Å². The van der Waals surface area contributed by atoms with Gasteiger partial charge in [0.2, 0.25) is 0 Å². The molecule has 1 aromatic heterocycles. The maximum absolute atomic E-state index is 13.7. The summed E-state index contributed by atoms with van der Waals surface area (Å²) in [5, 5.41) is 0.0873. The van der Waals surface area contributed by atoms with Crippen molar-refractivity contribution in [1.29, 1.82) is 0 Å². The van der Waals surface area contributed by atoms with E-state index in [2.05, 4.69) is 4.98 Å². The number of nitrogens with zero attached hydrogens (tertiary/aromatic N) is 2. The summed E-state index contributed by atoms with van der Waals surface area (Å²) >= 11 is 11.8. The largest absolute Gasteiger partial charge is 0.381 e. The molecular formula is C14H15Cl2FN2O. The predicted octanol–water partition coefficient (Wildman–Crippen LogP) is 3.99. The number of rotatable bonds is 3. The molecule has 3 nitrogen and oxygen atoms in total. The Kier molecular flexibility index (Phi) is 4.15. The van der Waals surface area contributed by atoms with Gasteiger partial charge in [-0.15, -0.1) is 11.6 Å². The zero-order valence-corrected chi connectivity index (χ0v) is 12.4. The second kappa shape index (κ2) is 5.88. The van der Waals surface area contributed by atoms with Crippen molar-refractivity contribution in [3.05, 3.63) is 28.8 Å². The molecule has 1 aliphatic rings. The minimum Gasteiger partial charge on any atom is -0.381 e. The summed E-state index contributed by atoms with van der Waals surface area (Å²) in [7, 11) is 0. The molecule has 0 radical (unpaired) electrons. The zero-order chi connectivity index (χ0) is 14.1. The summed E-state index contributed by atoms with van der Waals surface area (Å²) in [5.74, 6) is 1.03. The van der Waals surface area contributed by atoms with Crippen molar-refractivity contribution in [1.82, 2.24) is 9.55 Å². The number of fused-ring (bicyclic) bond motifs is 1. The molecule has 2 aromatic rings. The van der Waals surface area contributed by atoms with Crippen molar-refractivity contribution >= 4 is 34.2 Å². The van der Waals surface area contributed by atoms with Crippen molar-refractivity contribution in [2.75, 3.05) is 13.2 Å². The number of halogens is 3. The van der Waals surface area contributed by atoms with Crippen molar-refractivity contribution in [2.24, 2.45) is 5.92 Å². The van der Waals surface area contributed by atoms with E-state index in [-0.39, 0.29) is 5.02 Å². The van der Waals surface area contributed by atoms with Gasteiger partial charge in [0.15, 0.2) is 0 Å². The molecule has 0 aliphatic carbocycles. The van der Waals surface area contributed by atoms with Crippen LogP contribution >= 0.6 is 23.2 Å². The third-order valence-electron chi connectivity index (χ3n) is 3.68. The maximum atomic E-state index is 13.7. The van der Waals surface area contributed by atoms with Gasteiger partial charge in [-0.1, -0.05) is 11.6 Å². The van der Waals surface area contributed by atoms with Gasteiger partial charge in [-0.25, -0.2) is 9.37 Å². The lowest BCUT2D eigenvalue weighted by Gasteiger charge is -2.23. The van der Waals surface area contributed by atoms with Crippen LogP contribution in [-0.2, 0) is 17.2 Å². The Balaban J connectivity index is 2.00. The number of alkyl halides is 1. The molecule has 1 fully saturated rings.